The molecule has 0 atom stereocenters. The second-order valence-corrected chi connectivity index (χ2v) is 3.58. The maximum absolute atomic E-state index is 11.0. The zero-order valence-electron chi connectivity index (χ0n) is 8.40. The number of methoxy groups -OCH3 is 1. The fourth-order valence-electron chi connectivity index (χ4n) is 0.854. The van der Waals surface area contributed by atoms with Gasteiger partial charge in [0.05, 0.1) is 7.11 Å². The van der Waals surface area contributed by atoms with Crippen LogP contribution in [-0.4, -0.2) is 18.1 Å². The van der Waals surface area contributed by atoms with Crippen LogP contribution in [0.2, 0.25) is 0 Å². The number of rotatable bonds is 3. The minimum atomic E-state index is -0.688. The minimum absolute atomic E-state index is 0.118. The molecule has 0 aliphatic heterocycles. The molecule has 0 unspecified atom stereocenters. The SMILES string of the molecule is COC(=O)C(C#N)=CNc1ccc(Br)cn1. The molecule has 1 aromatic rings. The number of hydrogen-bond acceptors (Lipinski definition) is 5. The Kier molecular flexibility index (Phi) is 4.48. The molecule has 16 heavy (non-hydrogen) atoms. The van der Waals surface area contributed by atoms with Crippen molar-refractivity contribution >= 4 is 27.7 Å². The standard InChI is InChI=1S/C10H8BrN3O2/c1-16-10(15)7(4-12)5-13-9-3-2-8(11)6-14-9/h2-3,5-6H,1H3,(H,13,14). The van der Waals surface area contributed by atoms with Crippen LogP contribution in [0.25, 0.3) is 0 Å². The van der Waals surface area contributed by atoms with Gasteiger partial charge in [0.25, 0.3) is 0 Å². The van der Waals surface area contributed by atoms with Crippen molar-refractivity contribution in [3.8, 4) is 6.07 Å². The third-order valence-corrected chi connectivity index (χ3v) is 2.09. The molecule has 0 amide bonds. The van der Waals surface area contributed by atoms with Crippen molar-refractivity contribution in [2.75, 3.05) is 12.4 Å². The predicted octanol–water partition coefficient (Wildman–Crippen LogP) is 1.84. The van der Waals surface area contributed by atoms with Crippen LogP contribution in [0.1, 0.15) is 0 Å². The van der Waals surface area contributed by atoms with E-state index >= 15 is 0 Å². The van der Waals surface area contributed by atoms with Gasteiger partial charge in [-0.3, -0.25) is 0 Å². The molecule has 6 heteroatoms. The van der Waals surface area contributed by atoms with Crippen molar-refractivity contribution in [3.63, 3.8) is 0 Å². The fraction of sp³-hybridized carbons (Fsp3) is 0.100. The van der Waals surface area contributed by atoms with E-state index in [0.29, 0.717) is 5.82 Å². The summed E-state index contributed by atoms with van der Waals surface area (Å²) in [6.07, 6.45) is 2.85. The van der Waals surface area contributed by atoms with E-state index < -0.39 is 5.97 Å². The first-order chi connectivity index (χ1) is 7.67. The molecule has 1 aromatic heterocycles. The zero-order chi connectivity index (χ0) is 12.0. The molecular weight excluding hydrogens is 274 g/mol. The van der Waals surface area contributed by atoms with Gasteiger partial charge < -0.3 is 10.1 Å². The smallest absolute Gasteiger partial charge is 0.350 e. The third-order valence-electron chi connectivity index (χ3n) is 1.62. The summed E-state index contributed by atoms with van der Waals surface area (Å²) in [5, 5.41) is 11.4. The van der Waals surface area contributed by atoms with Gasteiger partial charge in [0.1, 0.15) is 11.9 Å². The number of halogens is 1. The highest BCUT2D eigenvalue weighted by atomic mass is 79.9. The monoisotopic (exact) mass is 281 g/mol. The van der Waals surface area contributed by atoms with Crippen molar-refractivity contribution in [2.45, 2.75) is 0 Å². The average molecular weight is 282 g/mol. The van der Waals surface area contributed by atoms with Crippen LogP contribution >= 0.6 is 15.9 Å². The molecule has 5 nitrogen and oxygen atoms in total. The minimum Gasteiger partial charge on any atom is -0.465 e. The summed E-state index contributed by atoms with van der Waals surface area (Å²) in [4.78, 5) is 15.0. The number of anilines is 1. The number of aromatic nitrogens is 1. The summed E-state index contributed by atoms with van der Waals surface area (Å²) in [5.74, 6) is -0.160. The Morgan fingerprint density at radius 3 is 2.94 bits per heavy atom. The molecular formula is C10H8BrN3O2. The lowest BCUT2D eigenvalue weighted by Crippen LogP contribution is -2.05. The van der Waals surface area contributed by atoms with E-state index in [-0.39, 0.29) is 5.57 Å². The number of ether oxygens (including phenoxy) is 1. The van der Waals surface area contributed by atoms with Crippen molar-refractivity contribution in [1.29, 1.82) is 5.26 Å². The molecule has 1 heterocycles. The van der Waals surface area contributed by atoms with Crippen LogP contribution in [0.3, 0.4) is 0 Å². The maximum atomic E-state index is 11.0. The predicted molar refractivity (Wildman–Crippen MR) is 61.3 cm³/mol. The first-order valence-electron chi connectivity index (χ1n) is 4.24. The molecule has 0 fully saturated rings. The number of nitriles is 1. The lowest BCUT2D eigenvalue weighted by Gasteiger charge is -2.00. The molecule has 0 bridgehead atoms. The highest BCUT2D eigenvalue weighted by Gasteiger charge is 2.07. The molecule has 0 aliphatic carbocycles. The Balaban J connectivity index is 2.75. The molecule has 82 valence electrons. The lowest BCUT2D eigenvalue weighted by molar-refractivity contribution is -0.135. The number of hydrogen-bond donors (Lipinski definition) is 1. The average Bonchev–Trinajstić information content (AvgIpc) is 2.31. The number of carbonyl (C=O) groups is 1. The molecule has 0 saturated carbocycles. The van der Waals surface area contributed by atoms with Gasteiger partial charge >= 0.3 is 5.97 Å². The Labute approximate surface area is 101 Å². The van der Waals surface area contributed by atoms with Crippen LogP contribution < -0.4 is 5.32 Å². The van der Waals surface area contributed by atoms with Crippen molar-refractivity contribution in [2.24, 2.45) is 0 Å². The molecule has 0 spiro atoms. The van der Waals surface area contributed by atoms with Gasteiger partial charge in [0.15, 0.2) is 5.57 Å². The van der Waals surface area contributed by atoms with Gasteiger partial charge in [-0.05, 0) is 28.1 Å². The highest BCUT2D eigenvalue weighted by molar-refractivity contribution is 9.10. The van der Waals surface area contributed by atoms with Crippen LogP contribution in [-0.2, 0) is 9.53 Å². The van der Waals surface area contributed by atoms with E-state index in [1.54, 1.807) is 24.4 Å². The molecule has 0 aliphatic rings. The van der Waals surface area contributed by atoms with Gasteiger partial charge in [-0.2, -0.15) is 5.26 Å². The van der Waals surface area contributed by atoms with Crippen LogP contribution in [0, 0.1) is 11.3 Å². The summed E-state index contributed by atoms with van der Waals surface area (Å²) < 4.78 is 5.26. The number of carbonyl (C=O) groups excluding carboxylic acids is 1. The summed E-state index contributed by atoms with van der Waals surface area (Å²) in [6, 6.07) is 5.21. The van der Waals surface area contributed by atoms with Crippen molar-refractivity contribution in [1.82, 2.24) is 4.98 Å². The first kappa shape index (κ1) is 12.2. The van der Waals surface area contributed by atoms with Gasteiger partial charge in [0.2, 0.25) is 0 Å². The Hall–Kier alpha value is -1.87. The molecule has 0 aromatic carbocycles. The second kappa shape index (κ2) is 5.88. The zero-order valence-corrected chi connectivity index (χ0v) is 9.98. The maximum Gasteiger partial charge on any atom is 0.350 e. The Morgan fingerprint density at radius 2 is 2.44 bits per heavy atom. The third kappa shape index (κ3) is 3.37. The Morgan fingerprint density at radius 1 is 1.69 bits per heavy atom. The molecule has 1 N–H and O–H groups in total. The lowest BCUT2D eigenvalue weighted by atomic mass is 10.3. The number of nitrogens with one attached hydrogen (secondary N) is 1. The van der Waals surface area contributed by atoms with E-state index in [1.807, 2.05) is 0 Å². The summed E-state index contributed by atoms with van der Waals surface area (Å²) >= 11 is 3.24. The van der Waals surface area contributed by atoms with E-state index in [9.17, 15) is 4.79 Å². The van der Waals surface area contributed by atoms with Crippen molar-refractivity contribution < 1.29 is 9.53 Å². The molecule has 0 saturated heterocycles. The fourth-order valence-corrected chi connectivity index (χ4v) is 1.09. The van der Waals surface area contributed by atoms with Gasteiger partial charge in [-0.25, -0.2) is 9.78 Å². The summed E-state index contributed by atoms with van der Waals surface area (Å²) in [6.45, 7) is 0. The van der Waals surface area contributed by atoms with Gasteiger partial charge in [-0.15, -0.1) is 0 Å². The summed E-state index contributed by atoms with van der Waals surface area (Å²) in [7, 11) is 1.21. The van der Waals surface area contributed by atoms with E-state index in [1.165, 1.54) is 13.3 Å². The van der Waals surface area contributed by atoms with E-state index in [0.717, 1.165) is 4.47 Å². The van der Waals surface area contributed by atoms with Crippen LogP contribution in [0.15, 0.2) is 34.6 Å². The second-order valence-electron chi connectivity index (χ2n) is 2.67. The first-order valence-corrected chi connectivity index (χ1v) is 5.03. The normalized spacial score (nSPS) is 10.4. The number of pyridine rings is 1. The van der Waals surface area contributed by atoms with Crippen LogP contribution in [0.4, 0.5) is 5.82 Å². The topological polar surface area (TPSA) is 75.0 Å². The van der Waals surface area contributed by atoms with Gasteiger partial charge in [0, 0.05) is 16.9 Å². The van der Waals surface area contributed by atoms with Gasteiger partial charge in [-0.1, -0.05) is 0 Å². The van der Waals surface area contributed by atoms with Crippen molar-refractivity contribution in [3.05, 3.63) is 34.6 Å². The van der Waals surface area contributed by atoms with E-state index in [4.69, 9.17) is 5.26 Å². The quantitative estimate of drug-likeness (QED) is 0.520. The molecule has 1 rings (SSSR count). The van der Waals surface area contributed by atoms with Crippen LogP contribution in [0.5, 0.6) is 0 Å². The highest BCUT2D eigenvalue weighted by Crippen LogP contribution is 2.10. The summed E-state index contributed by atoms with van der Waals surface area (Å²) in [5.41, 5.74) is -0.118. The number of esters is 1. The molecule has 0 radical (unpaired) electrons. The Bertz CT molecular complexity index is 448. The largest absolute Gasteiger partial charge is 0.465 e. The number of nitrogens with zero attached hydrogens (tertiary/aromatic N) is 2. The van der Waals surface area contributed by atoms with E-state index in [2.05, 4.69) is 31.0 Å².